The molecule has 1 saturated heterocycles. The van der Waals surface area contributed by atoms with E-state index in [2.05, 4.69) is 18.7 Å². The summed E-state index contributed by atoms with van der Waals surface area (Å²) < 4.78 is 5.85. The van der Waals surface area contributed by atoms with Gasteiger partial charge in [-0.05, 0) is 107 Å². The lowest BCUT2D eigenvalue weighted by molar-refractivity contribution is -0.132. The Morgan fingerprint density at radius 3 is 2.21 bits per heavy atom. The molecule has 0 aromatic heterocycles. The van der Waals surface area contributed by atoms with Crippen molar-refractivity contribution in [2.75, 3.05) is 22.9 Å². The second-order valence-electron chi connectivity index (χ2n) is 10.3. The molecule has 1 heterocycles. The van der Waals surface area contributed by atoms with Gasteiger partial charge in [-0.1, -0.05) is 24.3 Å². The molecule has 0 spiro atoms. The molecule has 3 aromatic rings. The van der Waals surface area contributed by atoms with E-state index in [9.17, 15) is 14.7 Å². The number of anilines is 2. The van der Waals surface area contributed by atoms with Crippen molar-refractivity contribution < 1.29 is 19.4 Å². The highest BCUT2D eigenvalue weighted by atomic mass is 16.5. The highest BCUT2D eigenvalue weighted by Gasteiger charge is 2.47. The second-order valence-corrected chi connectivity index (χ2v) is 10.3. The maximum atomic E-state index is 13.6. The quantitative estimate of drug-likeness (QED) is 0.197. The Morgan fingerprint density at radius 1 is 0.949 bits per heavy atom. The summed E-state index contributed by atoms with van der Waals surface area (Å²) in [7, 11) is 0. The normalized spacial score (nSPS) is 16.7. The number of ketones is 1. The molecule has 1 atom stereocenters. The molecule has 3 aromatic carbocycles. The summed E-state index contributed by atoms with van der Waals surface area (Å²) in [4.78, 5) is 31.0. The average molecular weight is 527 g/mol. The molecular weight excluding hydrogens is 488 g/mol. The fourth-order valence-corrected chi connectivity index (χ4v) is 5.19. The van der Waals surface area contributed by atoms with E-state index in [-0.39, 0.29) is 17.4 Å². The van der Waals surface area contributed by atoms with Crippen LogP contribution in [0.3, 0.4) is 0 Å². The van der Waals surface area contributed by atoms with E-state index in [0.717, 1.165) is 41.0 Å². The highest BCUT2D eigenvalue weighted by Crippen LogP contribution is 2.44. The molecule has 6 heteroatoms. The van der Waals surface area contributed by atoms with Gasteiger partial charge in [-0.15, -0.1) is 0 Å². The standard InChI is InChI=1S/C33H38N2O4/c1-8-34(9-2)26-16-13-24(14-17-26)30-29(31(36)25-15-18-28(22(6)19-25)39-20(3)4)32(37)33(38)35(30)27-12-10-11-21(5)23(27)7/h10-20,30,36H,8-9H2,1-7H3/b31-29+. The maximum Gasteiger partial charge on any atom is 0.300 e. The number of ether oxygens (including phenoxy) is 1. The first kappa shape index (κ1) is 28.0. The predicted molar refractivity (Wildman–Crippen MR) is 158 cm³/mol. The van der Waals surface area contributed by atoms with E-state index < -0.39 is 17.7 Å². The van der Waals surface area contributed by atoms with Gasteiger partial charge in [0.25, 0.3) is 11.7 Å². The number of aliphatic hydroxyl groups is 1. The number of amides is 1. The molecule has 6 nitrogen and oxygen atoms in total. The van der Waals surface area contributed by atoms with Crippen LogP contribution in [0.15, 0.2) is 66.2 Å². The lowest BCUT2D eigenvalue weighted by Crippen LogP contribution is -2.30. The molecule has 39 heavy (non-hydrogen) atoms. The minimum atomic E-state index is -0.775. The summed E-state index contributed by atoms with van der Waals surface area (Å²) in [6, 6.07) is 18.2. The third-order valence-electron chi connectivity index (χ3n) is 7.43. The zero-order valence-electron chi connectivity index (χ0n) is 23.9. The number of hydrogen-bond donors (Lipinski definition) is 1. The van der Waals surface area contributed by atoms with Crippen molar-refractivity contribution in [3.8, 4) is 5.75 Å². The first-order valence-electron chi connectivity index (χ1n) is 13.6. The zero-order valence-corrected chi connectivity index (χ0v) is 23.9. The van der Waals surface area contributed by atoms with Crippen LogP contribution >= 0.6 is 0 Å². The maximum absolute atomic E-state index is 13.6. The summed E-state index contributed by atoms with van der Waals surface area (Å²) in [5, 5.41) is 11.6. The predicted octanol–water partition coefficient (Wildman–Crippen LogP) is 6.87. The van der Waals surface area contributed by atoms with Crippen molar-refractivity contribution in [3.05, 3.63) is 94.1 Å². The third-order valence-corrected chi connectivity index (χ3v) is 7.43. The van der Waals surface area contributed by atoms with Crippen LogP contribution in [0.25, 0.3) is 5.76 Å². The molecule has 204 valence electrons. The van der Waals surface area contributed by atoms with Crippen LogP contribution in [0, 0.1) is 20.8 Å². The first-order valence-corrected chi connectivity index (χ1v) is 13.6. The van der Waals surface area contributed by atoms with Gasteiger partial charge >= 0.3 is 0 Å². The van der Waals surface area contributed by atoms with Gasteiger partial charge < -0.3 is 14.7 Å². The number of carbonyl (C=O) groups excluding carboxylic acids is 2. The molecule has 1 unspecified atom stereocenters. The Bertz CT molecular complexity index is 1420. The molecule has 0 bridgehead atoms. The number of rotatable bonds is 8. The molecule has 1 aliphatic heterocycles. The molecule has 0 radical (unpaired) electrons. The van der Waals surface area contributed by atoms with Crippen LogP contribution in [0.4, 0.5) is 11.4 Å². The monoisotopic (exact) mass is 526 g/mol. The Balaban J connectivity index is 1.91. The summed E-state index contributed by atoms with van der Waals surface area (Å²) >= 11 is 0. The number of Topliss-reactive ketones (excluding diaryl/α,β-unsaturated/α-hetero) is 1. The smallest absolute Gasteiger partial charge is 0.300 e. The number of benzene rings is 3. The summed E-state index contributed by atoms with van der Waals surface area (Å²) in [6.07, 6.45) is 0.00496. The zero-order chi connectivity index (χ0) is 28.4. The number of hydrogen-bond acceptors (Lipinski definition) is 5. The Hall–Kier alpha value is -4.06. The molecule has 1 fully saturated rings. The number of nitrogens with zero attached hydrogens (tertiary/aromatic N) is 2. The molecule has 4 rings (SSSR count). The Kier molecular flexibility index (Phi) is 8.14. The van der Waals surface area contributed by atoms with Crippen LogP contribution in [0.5, 0.6) is 5.75 Å². The molecule has 1 aliphatic rings. The minimum absolute atomic E-state index is 0.00496. The summed E-state index contributed by atoms with van der Waals surface area (Å²) in [5.41, 5.74) is 5.77. The van der Waals surface area contributed by atoms with Crippen molar-refractivity contribution in [3.63, 3.8) is 0 Å². The third kappa shape index (κ3) is 5.29. The second kappa shape index (κ2) is 11.4. The van der Waals surface area contributed by atoms with E-state index in [1.54, 1.807) is 18.2 Å². The van der Waals surface area contributed by atoms with Gasteiger partial charge in [0, 0.05) is 30.0 Å². The van der Waals surface area contributed by atoms with Crippen LogP contribution in [-0.2, 0) is 9.59 Å². The van der Waals surface area contributed by atoms with Crippen molar-refractivity contribution in [1.82, 2.24) is 0 Å². The Morgan fingerprint density at radius 2 is 1.62 bits per heavy atom. The van der Waals surface area contributed by atoms with E-state index >= 15 is 0 Å². The molecule has 0 saturated carbocycles. The molecule has 1 N–H and O–H groups in total. The molecular formula is C33H38N2O4. The summed E-state index contributed by atoms with van der Waals surface area (Å²) in [6.45, 7) is 15.7. The van der Waals surface area contributed by atoms with Crippen molar-refractivity contribution in [1.29, 1.82) is 0 Å². The van der Waals surface area contributed by atoms with Gasteiger partial charge in [0.1, 0.15) is 11.5 Å². The van der Waals surface area contributed by atoms with Gasteiger partial charge in [0.15, 0.2) is 0 Å². The molecule has 0 aliphatic carbocycles. The first-order chi connectivity index (χ1) is 18.6. The minimum Gasteiger partial charge on any atom is -0.507 e. The van der Waals surface area contributed by atoms with Crippen molar-refractivity contribution in [2.45, 2.75) is 60.6 Å². The number of carbonyl (C=O) groups is 2. The highest BCUT2D eigenvalue weighted by molar-refractivity contribution is 6.51. The molecule has 1 amide bonds. The summed E-state index contributed by atoms with van der Waals surface area (Å²) in [5.74, 6) is -0.843. The van der Waals surface area contributed by atoms with Gasteiger partial charge in [-0.3, -0.25) is 14.5 Å². The topological polar surface area (TPSA) is 70.1 Å². The number of aryl methyl sites for hydroxylation is 2. The van der Waals surface area contributed by atoms with Gasteiger partial charge in [0.05, 0.1) is 17.7 Å². The fourth-order valence-electron chi connectivity index (χ4n) is 5.19. The van der Waals surface area contributed by atoms with E-state index in [1.807, 2.05) is 77.1 Å². The van der Waals surface area contributed by atoms with Crippen LogP contribution in [0.2, 0.25) is 0 Å². The Labute approximate surface area is 231 Å². The van der Waals surface area contributed by atoms with Crippen LogP contribution in [-0.4, -0.2) is 36.0 Å². The largest absolute Gasteiger partial charge is 0.507 e. The number of aliphatic hydroxyl groups excluding tert-OH is 1. The average Bonchev–Trinajstić information content (AvgIpc) is 3.17. The van der Waals surface area contributed by atoms with E-state index in [0.29, 0.717) is 17.0 Å². The lowest BCUT2D eigenvalue weighted by atomic mass is 9.94. The van der Waals surface area contributed by atoms with E-state index in [1.165, 1.54) is 4.90 Å². The fraction of sp³-hybridized carbons (Fsp3) is 0.333. The van der Waals surface area contributed by atoms with Crippen LogP contribution in [0.1, 0.15) is 61.6 Å². The van der Waals surface area contributed by atoms with Crippen LogP contribution < -0.4 is 14.5 Å². The lowest BCUT2D eigenvalue weighted by Gasteiger charge is -2.28. The van der Waals surface area contributed by atoms with Gasteiger partial charge in [0.2, 0.25) is 0 Å². The van der Waals surface area contributed by atoms with Gasteiger partial charge in [-0.2, -0.15) is 0 Å². The van der Waals surface area contributed by atoms with Gasteiger partial charge in [-0.25, -0.2) is 0 Å². The van der Waals surface area contributed by atoms with Crippen molar-refractivity contribution >= 4 is 28.8 Å². The van der Waals surface area contributed by atoms with E-state index in [4.69, 9.17) is 4.74 Å². The SMILES string of the molecule is CCN(CC)c1ccc(C2/C(=C(\O)c3ccc(OC(C)C)c(C)c3)C(=O)C(=O)N2c2cccc(C)c2C)cc1. The van der Waals surface area contributed by atoms with Crippen molar-refractivity contribution in [2.24, 2.45) is 0 Å².